The second kappa shape index (κ2) is 5.88. The first kappa shape index (κ1) is 14.3. The van der Waals surface area contributed by atoms with E-state index in [-0.39, 0.29) is 21.9 Å². The van der Waals surface area contributed by atoms with Crippen molar-refractivity contribution in [2.75, 3.05) is 5.73 Å². The molecule has 0 atom stereocenters. The van der Waals surface area contributed by atoms with Gasteiger partial charge in [0.2, 0.25) is 0 Å². The smallest absolute Gasteiger partial charge is 0.387 e. The highest BCUT2D eigenvalue weighted by Crippen LogP contribution is 2.26. The first-order chi connectivity index (χ1) is 9.49. The number of nitrogen functional groups attached to an aromatic ring is 1. The summed E-state index contributed by atoms with van der Waals surface area (Å²) in [6, 6.07) is 10.1. The molecule has 0 radical (unpaired) electrons. The van der Waals surface area contributed by atoms with E-state index < -0.39 is 12.4 Å². The fourth-order valence-electron chi connectivity index (χ4n) is 1.68. The van der Waals surface area contributed by atoms with Gasteiger partial charge < -0.3 is 10.5 Å². The minimum absolute atomic E-state index is 0.0358. The third kappa shape index (κ3) is 3.05. The molecule has 2 N–H and O–H groups in total. The highest BCUT2D eigenvalue weighted by atomic mass is 35.5. The average molecular weight is 298 g/mol. The molecule has 20 heavy (non-hydrogen) atoms. The molecule has 0 aromatic heterocycles. The van der Waals surface area contributed by atoms with Crippen LogP contribution in [0.4, 0.5) is 14.5 Å². The predicted octanol–water partition coefficient (Wildman–Crippen LogP) is 3.75. The van der Waals surface area contributed by atoms with E-state index in [4.69, 9.17) is 17.3 Å². The molecule has 6 heteroatoms. The normalized spacial score (nSPS) is 10.6. The van der Waals surface area contributed by atoms with Crippen LogP contribution in [0, 0.1) is 0 Å². The van der Waals surface area contributed by atoms with E-state index in [1.54, 1.807) is 6.07 Å². The summed E-state index contributed by atoms with van der Waals surface area (Å²) in [5.41, 5.74) is 6.17. The van der Waals surface area contributed by atoms with Gasteiger partial charge in [-0.3, -0.25) is 4.79 Å². The summed E-state index contributed by atoms with van der Waals surface area (Å²) in [5, 5.41) is 0.225. The summed E-state index contributed by atoms with van der Waals surface area (Å²) in [6.07, 6.45) is 0. The van der Waals surface area contributed by atoms with Gasteiger partial charge in [-0.15, -0.1) is 0 Å². The molecule has 0 heterocycles. The molecule has 0 amide bonds. The van der Waals surface area contributed by atoms with Gasteiger partial charge in [-0.05, 0) is 30.3 Å². The van der Waals surface area contributed by atoms with Gasteiger partial charge in [0, 0.05) is 5.56 Å². The van der Waals surface area contributed by atoms with E-state index in [1.807, 2.05) is 0 Å². The van der Waals surface area contributed by atoms with Gasteiger partial charge in [0.1, 0.15) is 5.75 Å². The number of anilines is 1. The largest absolute Gasteiger partial charge is 0.434 e. The van der Waals surface area contributed by atoms with Gasteiger partial charge in [-0.2, -0.15) is 8.78 Å². The summed E-state index contributed by atoms with van der Waals surface area (Å²) in [5.74, 6) is -0.649. The Bertz CT molecular complexity index is 647. The van der Waals surface area contributed by atoms with Crippen LogP contribution in [0.3, 0.4) is 0 Å². The minimum Gasteiger partial charge on any atom is -0.434 e. The van der Waals surface area contributed by atoms with Crippen LogP contribution in [0.15, 0.2) is 42.5 Å². The Balaban J connectivity index is 2.40. The third-order valence-corrected chi connectivity index (χ3v) is 2.94. The average Bonchev–Trinajstić information content (AvgIpc) is 2.41. The molecular weight excluding hydrogens is 288 g/mol. The maximum Gasteiger partial charge on any atom is 0.387 e. The lowest BCUT2D eigenvalue weighted by Crippen LogP contribution is -2.09. The standard InChI is InChI=1S/C14H10ClF2NO2/c15-10-7-8(5-6-11(10)18)13(19)9-3-1-2-4-12(9)20-14(16)17/h1-7,14H,18H2. The van der Waals surface area contributed by atoms with Crippen LogP contribution < -0.4 is 10.5 Å². The van der Waals surface area contributed by atoms with Crippen LogP contribution in [-0.2, 0) is 0 Å². The van der Waals surface area contributed by atoms with Gasteiger partial charge in [-0.1, -0.05) is 23.7 Å². The molecule has 0 bridgehead atoms. The number of hydrogen-bond donors (Lipinski definition) is 1. The zero-order valence-electron chi connectivity index (χ0n) is 10.1. The van der Waals surface area contributed by atoms with Crippen LogP contribution in [0.1, 0.15) is 15.9 Å². The van der Waals surface area contributed by atoms with Crippen LogP contribution in [0.2, 0.25) is 5.02 Å². The van der Waals surface area contributed by atoms with Crippen LogP contribution >= 0.6 is 11.6 Å². The Morgan fingerprint density at radius 1 is 1.20 bits per heavy atom. The number of nitrogens with two attached hydrogens (primary N) is 1. The fraction of sp³-hybridized carbons (Fsp3) is 0.0714. The number of halogens is 3. The van der Waals surface area contributed by atoms with Gasteiger partial charge in [-0.25, -0.2) is 0 Å². The summed E-state index contributed by atoms with van der Waals surface area (Å²) in [7, 11) is 0. The quantitative estimate of drug-likeness (QED) is 0.690. The van der Waals surface area contributed by atoms with E-state index in [9.17, 15) is 13.6 Å². The Labute approximate surface area is 118 Å². The van der Waals surface area contributed by atoms with E-state index >= 15 is 0 Å². The second-order valence-electron chi connectivity index (χ2n) is 3.94. The van der Waals surface area contributed by atoms with Crippen LogP contribution in [-0.4, -0.2) is 12.4 Å². The monoisotopic (exact) mass is 297 g/mol. The number of carbonyl (C=O) groups excluding carboxylic acids is 1. The van der Waals surface area contributed by atoms with Gasteiger partial charge >= 0.3 is 6.61 Å². The van der Waals surface area contributed by atoms with E-state index in [1.165, 1.54) is 36.4 Å². The van der Waals surface area contributed by atoms with Crippen molar-refractivity contribution >= 4 is 23.1 Å². The van der Waals surface area contributed by atoms with E-state index in [0.29, 0.717) is 5.69 Å². The van der Waals surface area contributed by atoms with Crippen molar-refractivity contribution < 1.29 is 18.3 Å². The van der Waals surface area contributed by atoms with Crippen molar-refractivity contribution in [1.29, 1.82) is 0 Å². The van der Waals surface area contributed by atoms with Crippen molar-refractivity contribution in [3.63, 3.8) is 0 Å². The van der Waals surface area contributed by atoms with E-state index in [0.717, 1.165) is 0 Å². The maximum atomic E-state index is 12.3. The van der Waals surface area contributed by atoms with Gasteiger partial charge in [0.05, 0.1) is 16.3 Å². The Kier molecular flexibility index (Phi) is 4.20. The number of carbonyl (C=O) groups is 1. The zero-order chi connectivity index (χ0) is 14.7. The number of alkyl halides is 2. The number of hydrogen-bond acceptors (Lipinski definition) is 3. The first-order valence-corrected chi connectivity index (χ1v) is 6.00. The molecule has 0 aliphatic heterocycles. The number of benzene rings is 2. The van der Waals surface area contributed by atoms with Crippen molar-refractivity contribution in [3.8, 4) is 5.75 Å². The summed E-state index contributed by atoms with van der Waals surface area (Å²) >= 11 is 5.84. The molecule has 2 aromatic carbocycles. The first-order valence-electron chi connectivity index (χ1n) is 5.62. The highest BCUT2D eigenvalue weighted by molar-refractivity contribution is 6.33. The lowest BCUT2D eigenvalue weighted by atomic mass is 10.0. The third-order valence-electron chi connectivity index (χ3n) is 2.61. The number of rotatable bonds is 4. The molecule has 0 aliphatic carbocycles. The lowest BCUT2D eigenvalue weighted by molar-refractivity contribution is -0.0501. The van der Waals surface area contributed by atoms with Crippen LogP contribution in [0.25, 0.3) is 0 Å². The minimum atomic E-state index is -3.00. The topological polar surface area (TPSA) is 52.3 Å². The van der Waals surface area contributed by atoms with Crippen molar-refractivity contribution in [2.24, 2.45) is 0 Å². The summed E-state index contributed by atoms with van der Waals surface area (Å²) in [6.45, 7) is -3.00. The second-order valence-corrected chi connectivity index (χ2v) is 4.35. The molecule has 2 aromatic rings. The molecule has 0 unspecified atom stereocenters. The molecule has 0 aliphatic rings. The van der Waals surface area contributed by atoms with Crippen molar-refractivity contribution in [3.05, 3.63) is 58.6 Å². The van der Waals surface area contributed by atoms with Gasteiger partial charge in [0.25, 0.3) is 0 Å². The SMILES string of the molecule is Nc1ccc(C(=O)c2ccccc2OC(F)F)cc1Cl. The molecule has 3 nitrogen and oxygen atoms in total. The Morgan fingerprint density at radius 3 is 2.55 bits per heavy atom. The number of ether oxygens (including phenoxy) is 1. The summed E-state index contributed by atoms with van der Waals surface area (Å²) in [4.78, 5) is 12.3. The number of ketones is 1. The molecular formula is C14H10ClF2NO2. The van der Waals surface area contributed by atoms with E-state index in [2.05, 4.69) is 4.74 Å². The lowest BCUT2D eigenvalue weighted by Gasteiger charge is -2.10. The van der Waals surface area contributed by atoms with Crippen molar-refractivity contribution in [2.45, 2.75) is 6.61 Å². The molecule has 0 spiro atoms. The molecule has 2 rings (SSSR count). The zero-order valence-corrected chi connectivity index (χ0v) is 10.9. The highest BCUT2D eigenvalue weighted by Gasteiger charge is 2.17. The fourth-order valence-corrected chi connectivity index (χ4v) is 1.86. The van der Waals surface area contributed by atoms with Crippen LogP contribution in [0.5, 0.6) is 5.75 Å². The Morgan fingerprint density at radius 2 is 1.90 bits per heavy atom. The molecule has 0 saturated carbocycles. The molecule has 104 valence electrons. The Hall–Kier alpha value is -2.14. The van der Waals surface area contributed by atoms with Crippen molar-refractivity contribution in [1.82, 2.24) is 0 Å². The maximum absolute atomic E-state index is 12.3. The summed E-state index contributed by atoms with van der Waals surface area (Å²) < 4.78 is 29.0. The molecule has 0 saturated heterocycles. The predicted molar refractivity (Wildman–Crippen MR) is 72.4 cm³/mol. The molecule has 0 fully saturated rings. The number of para-hydroxylation sites is 1. The van der Waals surface area contributed by atoms with Gasteiger partial charge in [0.15, 0.2) is 5.78 Å².